The number of aliphatic hydroxyl groups excluding tert-OH is 2. The first kappa shape index (κ1) is 14.2. The standard InChI is InChI=1S/C16H17NO3/c18-11-14(15(19)12-7-3-1-4-8-12)17-16(20)13-9-5-2-6-10-13/h1-10,14-15,18-19H,11H2,(H,17,20)/t14-,15?/m0/s1. The minimum atomic E-state index is -0.950. The van der Waals surface area contributed by atoms with Gasteiger partial charge in [0.25, 0.3) is 5.91 Å². The van der Waals surface area contributed by atoms with Gasteiger partial charge in [-0.2, -0.15) is 0 Å². The van der Waals surface area contributed by atoms with E-state index in [1.165, 1.54) is 0 Å². The maximum absolute atomic E-state index is 12.0. The Hall–Kier alpha value is -2.17. The van der Waals surface area contributed by atoms with E-state index >= 15 is 0 Å². The van der Waals surface area contributed by atoms with Gasteiger partial charge in [-0.15, -0.1) is 0 Å². The van der Waals surface area contributed by atoms with Crippen LogP contribution < -0.4 is 5.32 Å². The molecule has 2 atom stereocenters. The van der Waals surface area contributed by atoms with Gasteiger partial charge in [0.1, 0.15) is 6.10 Å². The summed E-state index contributed by atoms with van der Waals surface area (Å²) in [4.78, 5) is 12.0. The van der Waals surface area contributed by atoms with Crippen LogP contribution in [-0.2, 0) is 0 Å². The van der Waals surface area contributed by atoms with Gasteiger partial charge < -0.3 is 15.5 Å². The molecule has 0 radical (unpaired) electrons. The maximum atomic E-state index is 12.0. The zero-order valence-corrected chi connectivity index (χ0v) is 10.9. The molecule has 0 fully saturated rings. The molecule has 0 aliphatic rings. The van der Waals surface area contributed by atoms with Crippen molar-refractivity contribution in [3.8, 4) is 0 Å². The predicted octanol–water partition coefficient (Wildman–Crippen LogP) is 1.51. The van der Waals surface area contributed by atoms with Crippen molar-refractivity contribution in [3.63, 3.8) is 0 Å². The smallest absolute Gasteiger partial charge is 0.251 e. The molecule has 4 heteroatoms. The quantitative estimate of drug-likeness (QED) is 0.772. The minimum absolute atomic E-state index is 0.320. The summed E-state index contributed by atoms with van der Waals surface area (Å²) in [5.74, 6) is -0.320. The maximum Gasteiger partial charge on any atom is 0.251 e. The van der Waals surface area contributed by atoms with E-state index in [0.29, 0.717) is 11.1 Å². The summed E-state index contributed by atoms with van der Waals surface area (Å²) >= 11 is 0. The molecule has 4 nitrogen and oxygen atoms in total. The molecule has 0 spiro atoms. The zero-order valence-electron chi connectivity index (χ0n) is 10.9. The van der Waals surface area contributed by atoms with E-state index in [0.717, 1.165) is 0 Å². The molecule has 0 aliphatic carbocycles. The van der Waals surface area contributed by atoms with Gasteiger partial charge in [-0.05, 0) is 17.7 Å². The molecule has 2 aromatic rings. The summed E-state index contributed by atoms with van der Waals surface area (Å²) in [7, 11) is 0. The largest absolute Gasteiger partial charge is 0.394 e. The topological polar surface area (TPSA) is 69.6 Å². The molecule has 2 rings (SSSR count). The third-order valence-corrected chi connectivity index (χ3v) is 3.07. The van der Waals surface area contributed by atoms with E-state index in [4.69, 9.17) is 0 Å². The second-order valence-electron chi connectivity index (χ2n) is 4.48. The van der Waals surface area contributed by atoms with Gasteiger partial charge in [0.2, 0.25) is 0 Å². The number of hydrogen-bond acceptors (Lipinski definition) is 3. The fourth-order valence-electron chi connectivity index (χ4n) is 1.95. The van der Waals surface area contributed by atoms with Gasteiger partial charge >= 0.3 is 0 Å². The van der Waals surface area contributed by atoms with Crippen LogP contribution >= 0.6 is 0 Å². The first-order valence-corrected chi connectivity index (χ1v) is 6.42. The van der Waals surface area contributed by atoms with E-state index in [1.54, 1.807) is 48.5 Å². The molecule has 0 bridgehead atoms. The molecule has 2 aromatic carbocycles. The van der Waals surface area contributed by atoms with Gasteiger partial charge in [0, 0.05) is 5.56 Å². The van der Waals surface area contributed by atoms with Crippen LogP contribution in [0.3, 0.4) is 0 Å². The molecule has 0 aliphatic heterocycles. The van der Waals surface area contributed by atoms with E-state index in [9.17, 15) is 15.0 Å². The van der Waals surface area contributed by atoms with Crippen LogP contribution in [0.2, 0.25) is 0 Å². The summed E-state index contributed by atoms with van der Waals surface area (Å²) in [6.45, 7) is -0.339. The molecular weight excluding hydrogens is 254 g/mol. The highest BCUT2D eigenvalue weighted by molar-refractivity contribution is 5.94. The van der Waals surface area contributed by atoms with Crippen molar-refractivity contribution in [2.24, 2.45) is 0 Å². The SMILES string of the molecule is O=C(N[C@@H](CO)C(O)c1ccccc1)c1ccccc1. The summed E-state index contributed by atoms with van der Waals surface area (Å²) in [6, 6.07) is 16.9. The average Bonchev–Trinajstić information content (AvgIpc) is 2.53. The number of carbonyl (C=O) groups is 1. The molecule has 3 N–H and O–H groups in total. The Morgan fingerprint density at radius 2 is 1.55 bits per heavy atom. The number of benzene rings is 2. The summed E-state index contributed by atoms with van der Waals surface area (Å²) in [6.07, 6.45) is -0.950. The molecule has 0 saturated carbocycles. The lowest BCUT2D eigenvalue weighted by atomic mass is 10.0. The van der Waals surface area contributed by atoms with Crippen LogP contribution in [0.4, 0.5) is 0 Å². The number of hydrogen-bond donors (Lipinski definition) is 3. The van der Waals surface area contributed by atoms with Gasteiger partial charge in [0.05, 0.1) is 12.6 Å². The third kappa shape index (κ3) is 3.44. The Bertz CT molecular complexity index is 542. The average molecular weight is 271 g/mol. The van der Waals surface area contributed by atoms with Gasteiger partial charge in [-0.25, -0.2) is 0 Å². The number of rotatable bonds is 5. The predicted molar refractivity (Wildman–Crippen MR) is 76.2 cm³/mol. The number of nitrogens with one attached hydrogen (secondary N) is 1. The van der Waals surface area contributed by atoms with Crippen molar-refractivity contribution >= 4 is 5.91 Å². The molecule has 104 valence electrons. The lowest BCUT2D eigenvalue weighted by Crippen LogP contribution is -2.41. The minimum Gasteiger partial charge on any atom is -0.394 e. The van der Waals surface area contributed by atoms with Gasteiger partial charge in [-0.1, -0.05) is 48.5 Å². The second kappa shape index (κ2) is 6.84. The van der Waals surface area contributed by atoms with Crippen LogP contribution in [0.1, 0.15) is 22.0 Å². The van der Waals surface area contributed by atoms with E-state index in [2.05, 4.69) is 5.32 Å². The van der Waals surface area contributed by atoms with E-state index in [1.807, 2.05) is 12.1 Å². The van der Waals surface area contributed by atoms with E-state index in [-0.39, 0.29) is 12.5 Å². The molecule has 0 aromatic heterocycles. The molecular formula is C16H17NO3. The van der Waals surface area contributed by atoms with Crippen LogP contribution in [0.25, 0.3) is 0 Å². The first-order valence-electron chi connectivity index (χ1n) is 6.42. The van der Waals surface area contributed by atoms with Gasteiger partial charge in [-0.3, -0.25) is 4.79 Å². The van der Waals surface area contributed by atoms with Crippen molar-refractivity contribution < 1.29 is 15.0 Å². The van der Waals surface area contributed by atoms with Crippen LogP contribution in [0.15, 0.2) is 60.7 Å². The normalized spacial score (nSPS) is 13.5. The van der Waals surface area contributed by atoms with Crippen molar-refractivity contribution in [1.29, 1.82) is 0 Å². The second-order valence-corrected chi connectivity index (χ2v) is 4.48. The Morgan fingerprint density at radius 3 is 2.10 bits per heavy atom. The van der Waals surface area contributed by atoms with Crippen molar-refractivity contribution in [1.82, 2.24) is 5.32 Å². The lowest BCUT2D eigenvalue weighted by Gasteiger charge is -2.22. The number of carbonyl (C=O) groups excluding carboxylic acids is 1. The fraction of sp³-hybridized carbons (Fsp3) is 0.188. The molecule has 1 unspecified atom stereocenters. The van der Waals surface area contributed by atoms with Crippen molar-refractivity contribution in [3.05, 3.63) is 71.8 Å². The summed E-state index contributed by atoms with van der Waals surface area (Å²) in [5, 5.41) is 22.2. The number of amides is 1. The molecule has 0 heterocycles. The third-order valence-electron chi connectivity index (χ3n) is 3.07. The molecule has 20 heavy (non-hydrogen) atoms. The van der Waals surface area contributed by atoms with Gasteiger partial charge in [0.15, 0.2) is 0 Å². The summed E-state index contributed by atoms with van der Waals surface area (Å²) < 4.78 is 0. The van der Waals surface area contributed by atoms with Crippen molar-refractivity contribution in [2.75, 3.05) is 6.61 Å². The zero-order chi connectivity index (χ0) is 14.4. The highest BCUT2D eigenvalue weighted by Crippen LogP contribution is 2.16. The number of aliphatic hydroxyl groups is 2. The van der Waals surface area contributed by atoms with Crippen molar-refractivity contribution in [2.45, 2.75) is 12.1 Å². The Morgan fingerprint density at radius 1 is 1.00 bits per heavy atom. The van der Waals surface area contributed by atoms with Crippen LogP contribution in [-0.4, -0.2) is 28.8 Å². The first-order chi connectivity index (χ1) is 9.72. The monoisotopic (exact) mass is 271 g/mol. The Labute approximate surface area is 117 Å². The molecule has 1 amide bonds. The van der Waals surface area contributed by atoms with E-state index < -0.39 is 12.1 Å². The Kier molecular flexibility index (Phi) is 4.87. The fourth-order valence-corrected chi connectivity index (χ4v) is 1.95. The molecule has 0 saturated heterocycles. The van der Waals surface area contributed by atoms with Crippen LogP contribution in [0.5, 0.6) is 0 Å². The summed E-state index contributed by atoms with van der Waals surface area (Å²) in [5.41, 5.74) is 1.14. The lowest BCUT2D eigenvalue weighted by molar-refractivity contribution is 0.0703. The highest BCUT2D eigenvalue weighted by Gasteiger charge is 2.22. The highest BCUT2D eigenvalue weighted by atomic mass is 16.3. The van der Waals surface area contributed by atoms with Crippen LogP contribution in [0, 0.1) is 0 Å². The Balaban J connectivity index is 2.08.